The molecule has 0 N–H and O–H groups in total. The van der Waals surface area contributed by atoms with Gasteiger partial charge < -0.3 is 14.2 Å². The Morgan fingerprint density at radius 2 is 0.524 bits per heavy atom. The lowest BCUT2D eigenvalue weighted by atomic mass is 10.0. The van der Waals surface area contributed by atoms with Crippen LogP contribution in [-0.4, -0.2) is 37.2 Å². The normalized spacial score (nSPS) is 12.0. The van der Waals surface area contributed by atoms with Gasteiger partial charge in [-0.05, 0) is 25.2 Å². The Morgan fingerprint density at radius 1 is 0.302 bits per heavy atom. The molecule has 0 aromatic rings. The molecule has 0 bridgehead atoms. The summed E-state index contributed by atoms with van der Waals surface area (Å²) in [6.07, 6.45) is 55.2. The summed E-state index contributed by atoms with van der Waals surface area (Å²) in [5.41, 5.74) is 0. The number of ether oxygens (including phenoxy) is 3. The molecule has 374 valence electrons. The zero-order valence-corrected chi connectivity index (χ0v) is 43.0. The van der Waals surface area contributed by atoms with Crippen LogP contribution in [0, 0.1) is 5.92 Å². The highest BCUT2D eigenvalue weighted by Gasteiger charge is 2.19. The lowest BCUT2D eigenvalue weighted by Crippen LogP contribution is -2.30. The second kappa shape index (κ2) is 51.4. The van der Waals surface area contributed by atoms with Crippen LogP contribution in [0.4, 0.5) is 0 Å². The van der Waals surface area contributed by atoms with Gasteiger partial charge in [-0.3, -0.25) is 14.4 Å². The Hall–Kier alpha value is -1.59. The van der Waals surface area contributed by atoms with E-state index in [1.807, 2.05) is 0 Å². The van der Waals surface area contributed by atoms with Gasteiger partial charge in [0, 0.05) is 19.3 Å². The minimum absolute atomic E-state index is 0.0623. The van der Waals surface area contributed by atoms with E-state index < -0.39 is 6.10 Å². The number of carbonyl (C=O) groups is 3. The van der Waals surface area contributed by atoms with Crippen molar-refractivity contribution in [3.8, 4) is 0 Å². The van der Waals surface area contributed by atoms with Gasteiger partial charge in [0.1, 0.15) is 13.2 Å². The molecule has 1 atom stereocenters. The Balaban J connectivity index is 4.27. The van der Waals surface area contributed by atoms with Crippen molar-refractivity contribution in [2.45, 2.75) is 329 Å². The molecular formula is C57H110O6. The predicted octanol–water partition coefficient (Wildman–Crippen LogP) is 18.6. The van der Waals surface area contributed by atoms with E-state index in [0.717, 1.165) is 63.7 Å². The molecule has 0 spiro atoms. The van der Waals surface area contributed by atoms with Crippen LogP contribution < -0.4 is 0 Å². The van der Waals surface area contributed by atoms with Gasteiger partial charge in [-0.25, -0.2) is 0 Å². The summed E-state index contributed by atoms with van der Waals surface area (Å²) in [4.78, 5) is 38.1. The van der Waals surface area contributed by atoms with Gasteiger partial charge >= 0.3 is 17.9 Å². The van der Waals surface area contributed by atoms with Crippen molar-refractivity contribution in [3.05, 3.63) is 0 Å². The molecule has 63 heavy (non-hydrogen) atoms. The third kappa shape index (κ3) is 51.3. The highest BCUT2D eigenvalue weighted by atomic mass is 16.6. The summed E-state index contributed by atoms with van der Waals surface area (Å²) < 4.78 is 16.9. The molecule has 0 heterocycles. The van der Waals surface area contributed by atoms with Crippen LogP contribution in [0.1, 0.15) is 323 Å². The van der Waals surface area contributed by atoms with Crippen LogP contribution >= 0.6 is 0 Å². The maximum absolute atomic E-state index is 12.8. The molecule has 0 unspecified atom stereocenters. The average molecular weight is 892 g/mol. The smallest absolute Gasteiger partial charge is 0.306 e. The van der Waals surface area contributed by atoms with E-state index >= 15 is 0 Å². The highest BCUT2D eigenvalue weighted by Crippen LogP contribution is 2.18. The van der Waals surface area contributed by atoms with Crippen LogP contribution in [-0.2, 0) is 28.6 Å². The van der Waals surface area contributed by atoms with Crippen LogP contribution in [0.15, 0.2) is 0 Å². The SMILES string of the molecule is CCCCCCCCCCCCCCCCCCCCC(=O)OC[C@H](COC(=O)CCCCCCCCCCCCCCCC)OC(=O)CCCCCCCCCCCCC(C)C. The van der Waals surface area contributed by atoms with E-state index in [9.17, 15) is 14.4 Å². The van der Waals surface area contributed by atoms with Gasteiger partial charge in [0.2, 0.25) is 0 Å². The number of hydrogen-bond acceptors (Lipinski definition) is 6. The molecule has 0 saturated carbocycles. The first-order valence-electron chi connectivity index (χ1n) is 28.4. The Labute approximate surface area is 393 Å². The quantitative estimate of drug-likeness (QED) is 0.0344. The first-order valence-corrected chi connectivity index (χ1v) is 28.4. The lowest BCUT2D eigenvalue weighted by molar-refractivity contribution is -0.167. The van der Waals surface area contributed by atoms with E-state index in [1.165, 1.54) is 218 Å². The van der Waals surface area contributed by atoms with Crippen molar-refractivity contribution in [2.24, 2.45) is 5.92 Å². The monoisotopic (exact) mass is 891 g/mol. The third-order valence-electron chi connectivity index (χ3n) is 13.0. The largest absolute Gasteiger partial charge is 0.462 e. The average Bonchev–Trinajstić information content (AvgIpc) is 3.27. The molecule has 0 radical (unpaired) electrons. The summed E-state index contributed by atoms with van der Waals surface area (Å²) >= 11 is 0. The molecule has 0 fully saturated rings. The number of carbonyl (C=O) groups excluding carboxylic acids is 3. The van der Waals surface area contributed by atoms with E-state index in [4.69, 9.17) is 14.2 Å². The molecular weight excluding hydrogens is 781 g/mol. The Kier molecular flexibility index (Phi) is 50.1. The predicted molar refractivity (Wildman–Crippen MR) is 270 cm³/mol. The minimum Gasteiger partial charge on any atom is -0.462 e. The Bertz CT molecular complexity index is 949. The molecule has 0 aliphatic carbocycles. The standard InChI is InChI=1S/C57H110O6/c1-5-7-9-11-13-15-17-19-21-22-23-24-26-28-33-37-41-45-49-56(59)62-52-54(63-57(60)50-46-42-38-34-30-29-31-35-39-43-47-53(3)4)51-61-55(58)48-44-40-36-32-27-25-20-18-16-14-12-10-8-6-2/h53-54H,5-52H2,1-4H3/t54-/m0/s1. The molecule has 0 aliphatic heterocycles. The molecule has 0 aromatic carbocycles. The van der Waals surface area contributed by atoms with Gasteiger partial charge in [-0.2, -0.15) is 0 Å². The van der Waals surface area contributed by atoms with Crippen LogP contribution in [0.2, 0.25) is 0 Å². The van der Waals surface area contributed by atoms with Gasteiger partial charge in [-0.15, -0.1) is 0 Å². The maximum atomic E-state index is 12.8. The topological polar surface area (TPSA) is 78.9 Å². The zero-order chi connectivity index (χ0) is 45.9. The first-order chi connectivity index (χ1) is 30.9. The number of rotatable bonds is 52. The number of unbranched alkanes of at least 4 members (excludes halogenated alkanes) is 39. The van der Waals surface area contributed by atoms with Gasteiger partial charge in [0.15, 0.2) is 6.10 Å². The van der Waals surface area contributed by atoms with E-state index in [-0.39, 0.29) is 31.1 Å². The lowest BCUT2D eigenvalue weighted by Gasteiger charge is -2.18. The fraction of sp³-hybridized carbons (Fsp3) is 0.947. The van der Waals surface area contributed by atoms with Crippen molar-refractivity contribution in [1.29, 1.82) is 0 Å². The second-order valence-corrected chi connectivity index (χ2v) is 20.1. The van der Waals surface area contributed by atoms with Crippen LogP contribution in [0.25, 0.3) is 0 Å². The highest BCUT2D eigenvalue weighted by molar-refractivity contribution is 5.71. The van der Waals surface area contributed by atoms with Crippen LogP contribution in [0.3, 0.4) is 0 Å². The molecule has 0 rings (SSSR count). The van der Waals surface area contributed by atoms with Crippen molar-refractivity contribution in [1.82, 2.24) is 0 Å². The van der Waals surface area contributed by atoms with Crippen molar-refractivity contribution in [2.75, 3.05) is 13.2 Å². The summed E-state index contributed by atoms with van der Waals surface area (Å²) in [5, 5.41) is 0. The first kappa shape index (κ1) is 61.4. The van der Waals surface area contributed by atoms with E-state index in [0.29, 0.717) is 19.3 Å². The van der Waals surface area contributed by atoms with Crippen molar-refractivity contribution < 1.29 is 28.6 Å². The molecule has 0 aliphatic rings. The third-order valence-corrected chi connectivity index (χ3v) is 13.0. The minimum atomic E-state index is -0.761. The van der Waals surface area contributed by atoms with E-state index in [2.05, 4.69) is 27.7 Å². The summed E-state index contributed by atoms with van der Waals surface area (Å²) in [6, 6.07) is 0. The van der Waals surface area contributed by atoms with Gasteiger partial charge in [-0.1, -0.05) is 285 Å². The molecule has 0 amide bonds. The Morgan fingerprint density at radius 3 is 0.778 bits per heavy atom. The second-order valence-electron chi connectivity index (χ2n) is 20.1. The molecule has 6 nitrogen and oxygen atoms in total. The summed E-state index contributed by atoms with van der Waals surface area (Å²) in [7, 11) is 0. The van der Waals surface area contributed by atoms with Crippen molar-refractivity contribution >= 4 is 17.9 Å². The van der Waals surface area contributed by atoms with Crippen LogP contribution in [0.5, 0.6) is 0 Å². The van der Waals surface area contributed by atoms with E-state index in [1.54, 1.807) is 0 Å². The van der Waals surface area contributed by atoms with Gasteiger partial charge in [0.25, 0.3) is 0 Å². The van der Waals surface area contributed by atoms with Gasteiger partial charge in [0.05, 0.1) is 0 Å². The fourth-order valence-corrected chi connectivity index (χ4v) is 8.75. The number of hydrogen-bond donors (Lipinski definition) is 0. The maximum Gasteiger partial charge on any atom is 0.306 e. The fourth-order valence-electron chi connectivity index (χ4n) is 8.75. The molecule has 0 aromatic heterocycles. The molecule has 0 saturated heterocycles. The summed E-state index contributed by atoms with van der Waals surface area (Å²) in [5.74, 6) is -0.0219. The summed E-state index contributed by atoms with van der Waals surface area (Å²) in [6.45, 7) is 9.04. The molecule has 6 heteroatoms. The zero-order valence-electron chi connectivity index (χ0n) is 43.0. The number of esters is 3. The van der Waals surface area contributed by atoms with Crippen molar-refractivity contribution in [3.63, 3.8) is 0 Å².